The van der Waals surface area contributed by atoms with Crippen molar-refractivity contribution in [2.45, 2.75) is 52.6 Å². The van der Waals surface area contributed by atoms with Gasteiger partial charge in [-0.2, -0.15) is 0 Å². The van der Waals surface area contributed by atoms with Gasteiger partial charge in [0.25, 0.3) is 0 Å². The van der Waals surface area contributed by atoms with Gasteiger partial charge in [0.1, 0.15) is 0 Å². The molecule has 0 aliphatic carbocycles. The Morgan fingerprint density at radius 3 is 2.67 bits per heavy atom. The van der Waals surface area contributed by atoms with Crippen LogP contribution in [0.5, 0.6) is 0 Å². The fourth-order valence-electron chi connectivity index (χ4n) is 2.16. The molecule has 0 amide bonds. The van der Waals surface area contributed by atoms with Gasteiger partial charge in [-0.1, -0.05) is 6.92 Å². The number of hydrogen-bond acceptors (Lipinski definition) is 2. The van der Waals surface area contributed by atoms with Crippen LogP contribution in [0.25, 0.3) is 0 Å². The van der Waals surface area contributed by atoms with Crippen molar-refractivity contribution in [3.63, 3.8) is 0 Å². The average molecular weight is 213 g/mol. The zero-order valence-electron chi connectivity index (χ0n) is 10.9. The van der Waals surface area contributed by atoms with Gasteiger partial charge in [0.15, 0.2) is 0 Å². The molecule has 2 heteroatoms. The standard InChI is InChI=1S/C13H27NO/c1-12-7-5-8-14(11-12)9-6-10-15-13(2,3)4/h12H,5-11H2,1-4H3/t12-/m1/s1. The molecule has 0 aromatic heterocycles. The number of nitrogens with zero attached hydrogens (tertiary/aromatic N) is 1. The quantitative estimate of drug-likeness (QED) is 0.666. The predicted molar refractivity (Wildman–Crippen MR) is 65.2 cm³/mol. The molecule has 0 unspecified atom stereocenters. The molecular weight excluding hydrogens is 186 g/mol. The third-order valence-corrected chi connectivity index (χ3v) is 2.89. The number of ether oxygens (including phenoxy) is 1. The molecule has 0 aromatic carbocycles. The summed E-state index contributed by atoms with van der Waals surface area (Å²) in [6.45, 7) is 13.4. The summed E-state index contributed by atoms with van der Waals surface area (Å²) in [4.78, 5) is 2.58. The highest BCUT2D eigenvalue weighted by Gasteiger charge is 2.16. The maximum absolute atomic E-state index is 5.72. The lowest BCUT2D eigenvalue weighted by atomic mass is 10.0. The summed E-state index contributed by atoms with van der Waals surface area (Å²) in [7, 11) is 0. The lowest BCUT2D eigenvalue weighted by Crippen LogP contribution is -2.35. The molecule has 0 N–H and O–H groups in total. The minimum absolute atomic E-state index is 0.0230. The Morgan fingerprint density at radius 2 is 2.07 bits per heavy atom. The highest BCUT2D eigenvalue weighted by Crippen LogP contribution is 2.15. The van der Waals surface area contributed by atoms with Crippen molar-refractivity contribution in [1.29, 1.82) is 0 Å². The predicted octanol–water partition coefficient (Wildman–Crippen LogP) is 2.92. The van der Waals surface area contributed by atoms with Crippen LogP contribution in [0.3, 0.4) is 0 Å². The monoisotopic (exact) mass is 213 g/mol. The molecule has 1 aliphatic rings. The van der Waals surface area contributed by atoms with Gasteiger partial charge in [-0.3, -0.25) is 0 Å². The number of likely N-dealkylation sites (tertiary alicyclic amines) is 1. The van der Waals surface area contributed by atoms with Gasteiger partial charge < -0.3 is 9.64 Å². The van der Waals surface area contributed by atoms with Crippen molar-refractivity contribution < 1.29 is 4.74 Å². The van der Waals surface area contributed by atoms with Gasteiger partial charge in [-0.05, 0) is 52.5 Å². The Morgan fingerprint density at radius 1 is 1.33 bits per heavy atom. The van der Waals surface area contributed by atoms with E-state index >= 15 is 0 Å². The molecule has 1 rings (SSSR count). The van der Waals surface area contributed by atoms with Crippen LogP contribution in [0.1, 0.15) is 47.0 Å². The topological polar surface area (TPSA) is 12.5 Å². The summed E-state index contributed by atoms with van der Waals surface area (Å²) in [6, 6.07) is 0. The van der Waals surface area contributed by atoms with E-state index in [0.29, 0.717) is 0 Å². The van der Waals surface area contributed by atoms with Gasteiger partial charge >= 0.3 is 0 Å². The SMILES string of the molecule is C[C@@H]1CCCN(CCCOC(C)(C)C)C1. The minimum Gasteiger partial charge on any atom is -0.376 e. The molecule has 1 heterocycles. The van der Waals surface area contributed by atoms with E-state index in [1.54, 1.807) is 0 Å². The van der Waals surface area contributed by atoms with Crippen molar-refractivity contribution >= 4 is 0 Å². The van der Waals surface area contributed by atoms with E-state index in [9.17, 15) is 0 Å². The van der Waals surface area contributed by atoms with E-state index in [-0.39, 0.29) is 5.60 Å². The van der Waals surface area contributed by atoms with Gasteiger partial charge in [-0.25, -0.2) is 0 Å². The van der Waals surface area contributed by atoms with Gasteiger partial charge in [0, 0.05) is 19.7 Å². The Kier molecular flexibility index (Phi) is 5.07. The molecule has 0 aromatic rings. The molecule has 90 valence electrons. The van der Waals surface area contributed by atoms with Gasteiger partial charge in [0.2, 0.25) is 0 Å². The van der Waals surface area contributed by atoms with E-state index in [2.05, 4.69) is 32.6 Å². The van der Waals surface area contributed by atoms with E-state index in [4.69, 9.17) is 4.74 Å². The first-order valence-corrected chi connectivity index (χ1v) is 6.34. The van der Waals surface area contributed by atoms with E-state index < -0.39 is 0 Å². The number of hydrogen-bond donors (Lipinski definition) is 0. The minimum atomic E-state index is 0.0230. The van der Waals surface area contributed by atoms with Crippen molar-refractivity contribution in [3.8, 4) is 0 Å². The van der Waals surface area contributed by atoms with Crippen molar-refractivity contribution in [2.75, 3.05) is 26.2 Å². The second kappa shape index (κ2) is 5.86. The fourth-order valence-corrected chi connectivity index (χ4v) is 2.16. The highest BCUT2D eigenvalue weighted by molar-refractivity contribution is 4.69. The molecular formula is C13H27NO. The zero-order chi connectivity index (χ0) is 11.3. The molecule has 1 aliphatic heterocycles. The lowest BCUT2D eigenvalue weighted by molar-refractivity contribution is -0.00797. The summed E-state index contributed by atoms with van der Waals surface area (Å²) in [6.07, 6.45) is 3.96. The van der Waals surface area contributed by atoms with Crippen molar-refractivity contribution in [2.24, 2.45) is 5.92 Å². The van der Waals surface area contributed by atoms with E-state index in [0.717, 1.165) is 12.5 Å². The first-order chi connectivity index (χ1) is 6.97. The van der Waals surface area contributed by atoms with Crippen LogP contribution in [-0.4, -0.2) is 36.7 Å². The second-order valence-electron chi connectivity index (χ2n) is 5.86. The summed E-state index contributed by atoms with van der Waals surface area (Å²) < 4.78 is 5.72. The molecule has 1 atom stereocenters. The summed E-state index contributed by atoms with van der Waals surface area (Å²) in [5.41, 5.74) is 0.0230. The Balaban J connectivity index is 2.04. The Labute approximate surface area is 95.0 Å². The van der Waals surface area contributed by atoms with Crippen LogP contribution in [0.15, 0.2) is 0 Å². The molecule has 1 fully saturated rings. The largest absolute Gasteiger partial charge is 0.376 e. The maximum atomic E-state index is 5.72. The first kappa shape index (κ1) is 13.0. The van der Waals surface area contributed by atoms with Gasteiger partial charge in [0.05, 0.1) is 5.60 Å². The molecule has 0 bridgehead atoms. The molecule has 0 saturated carbocycles. The third-order valence-electron chi connectivity index (χ3n) is 2.89. The Bertz CT molecular complexity index is 174. The lowest BCUT2D eigenvalue weighted by Gasteiger charge is -2.31. The van der Waals surface area contributed by atoms with Crippen molar-refractivity contribution in [1.82, 2.24) is 4.90 Å². The number of rotatable bonds is 4. The number of piperidine rings is 1. The van der Waals surface area contributed by atoms with Crippen LogP contribution in [0.4, 0.5) is 0 Å². The maximum Gasteiger partial charge on any atom is 0.0598 e. The molecule has 0 spiro atoms. The van der Waals surface area contributed by atoms with Crippen LogP contribution in [0, 0.1) is 5.92 Å². The van der Waals surface area contributed by atoms with Crippen LogP contribution < -0.4 is 0 Å². The summed E-state index contributed by atoms with van der Waals surface area (Å²) >= 11 is 0. The van der Waals surface area contributed by atoms with Crippen LogP contribution in [0.2, 0.25) is 0 Å². The summed E-state index contributed by atoms with van der Waals surface area (Å²) in [5, 5.41) is 0. The smallest absolute Gasteiger partial charge is 0.0598 e. The second-order valence-corrected chi connectivity index (χ2v) is 5.86. The normalized spacial score (nSPS) is 24.4. The third kappa shape index (κ3) is 6.16. The van der Waals surface area contributed by atoms with Crippen LogP contribution >= 0.6 is 0 Å². The first-order valence-electron chi connectivity index (χ1n) is 6.34. The molecule has 0 radical (unpaired) electrons. The summed E-state index contributed by atoms with van der Waals surface area (Å²) in [5.74, 6) is 0.891. The van der Waals surface area contributed by atoms with Crippen LogP contribution in [-0.2, 0) is 4.74 Å². The van der Waals surface area contributed by atoms with E-state index in [1.165, 1.54) is 38.9 Å². The highest BCUT2D eigenvalue weighted by atomic mass is 16.5. The molecule has 15 heavy (non-hydrogen) atoms. The van der Waals surface area contributed by atoms with E-state index in [1.807, 2.05) is 0 Å². The fraction of sp³-hybridized carbons (Fsp3) is 1.00. The molecule has 1 saturated heterocycles. The van der Waals surface area contributed by atoms with Gasteiger partial charge in [-0.15, -0.1) is 0 Å². The molecule has 2 nitrogen and oxygen atoms in total. The average Bonchev–Trinajstić information content (AvgIpc) is 2.11. The van der Waals surface area contributed by atoms with Crippen molar-refractivity contribution in [3.05, 3.63) is 0 Å². The Hall–Kier alpha value is -0.0800. The zero-order valence-corrected chi connectivity index (χ0v) is 10.9.